The molecule has 0 saturated carbocycles. The number of ether oxygens (including phenoxy) is 2. The predicted molar refractivity (Wildman–Crippen MR) is 228 cm³/mol. The van der Waals surface area contributed by atoms with Crippen LogP contribution in [0.25, 0.3) is 21.8 Å². The molecule has 2 aromatic carbocycles. The van der Waals surface area contributed by atoms with Gasteiger partial charge in [0.05, 0.1) is 41.1 Å². The number of fused-ring (bicyclic) bond motifs is 1. The summed E-state index contributed by atoms with van der Waals surface area (Å²) in [6.45, 7) is 9.02. The van der Waals surface area contributed by atoms with E-state index in [1.807, 2.05) is 36.0 Å². The van der Waals surface area contributed by atoms with Gasteiger partial charge in [0.1, 0.15) is 17.4 Å². The number of carbonyl (C=O) groups is 3. The van der Waals surface area contributed by atoms with Gasteiger partial charge in [-0.2, -0.15) is 10.1 Å². The minimum Gasteiger partial charge on any atom is -0.489 e. The van der Waals surface area contributed by atoms with Crippen LogP contribution in [-0.4, -0.2) is 113 Å². The minimum atomic E-state index is -0.432. The highest BCUT2D eigenvalue weighted by Crippen LogP contribution is 2.37. The van der Waals surface area contributed by atoms with Crippen LogP contribution in [0.5, 0.6) is 11.5 Å². The molecule has 0 spiro atoms. The second-order valence-electron chi connectivity index (χ2n) is 16.1. The van der Waals surface area contributed by atoms with Crippen LogP contribution in [0.4, 0.5) is 23.1 Å². The Labute approximate surface area is 350 Å². The van der Waals surface area contributed by atoms with E-state index >= 15 is 0 Å². The van der Waals surface area contributed by atoms with Crippen LogP contribution in [0.1, 0.15) is 37.8 Å². The smallest absolute Gasteiger partial charge is 0.293 e. The number of anilines is 4. The second-order valence-corrected chi connectivity index (χ2v) is 16.5. The van der Waals surface area contributed by atoms with Crippen molar-refractivity contribution in [3.8, 4) is 11.5 Å². The van der Waals surface area contributed by atoms with Crippen molar-refractivity contribution in [1.82, 2.24) is 39.8 Å². The third-order valence-corrected chi connectivity index (χ3v) is 12.6. The van der Waals surface area contributed by atoms with E-state index in [0.29, 0.717) is 77.0 Å². The molecule has 3 saturated heterocycles. The molecule has 0 aliphatic carbocycles. The molecule has 4 aliphatic rings. The predicted octanol–water partition coefficient (Wildman–Crippen LogP) is 3.40. The lowest BCUT2D eigenvalue weighted by atomic mass is 9.86. The molecule has 3 N–H and O–H groups in total. The Hall–Kier alpha value is -5.94. The highest BCUT2D eigenvalue weighted by atomic mass is 35.5. The number of halogens is 1. The van der Waals surface area contributed by atoms with Crippen LogP contribution in [0.15, 0.2) is 47.4 Å². The monoisotopic (exact) mass is 837 g/mol. The van der Waals surface area contributed by atoms with Crippen LogP contribution >= 0.6 is 11.6 Å². The number of piperazine rings is 1. The number of aromatic nitrogens is 5. The number of pyridine rings is 1. The molecule has 7 heterocycles. The number of likely N-dealkylation sites (N-methyl/N-ethyl adjacent to an activating group) is 1. The second kappa shape index (κ2) is 16.3. The van der Waals surface area contributed by atoms with E-state index in [1.165, 1.54) is 7.05 Å². The maximum absolute atomic E-state index is 13.2. The molecule has 3 amide bonds. The number of piperidine rings is 2. The molecule has 3 fully saturated rings. The lowest BCUT2D eigenvalue weighted by molar-refractivity contribution is -0.134. The Morgan fingerprint density at radius 1 is 1.03 bits per heavy atom. The van der Waals surface area contributed by atoms with Crippen molar-refractivity contribution in [2.75, 3.05) is 81.2 Å². The van der Waals surface area contributed by atoms with Gasteiger partial charge >= 0.3 is 0 Å². The Balaban J connectivity index is 0.836. The number of aryl methyl sites for hydroxylation is 1. The number of imide groups is 1. The van der Waals surface area contributed by atoms with Crippen LogP contribution in [0.3, 0.4) is 0 Å². The first kappa shape index (κ1) is 39.5. The van der Waals surface area contributed by atoms with Gasteiger partial charge in [-0.1, -0.05) is 30.7 Å². The third kappa shape index (κ3) is 7.55. The molecule has 3 atom stereocenters. The zero-order valence-corrected chi connectivity index (χ0v) is 34.6. The van der Waals surface area contributed by atoms with Gasteiger partial charge in [-0.25, -0.2) is 4.98 Å². The molecule has 2 unspecified atom stereocenters. The SMILES string of the molecule is CNC(=O)COc1cc2cc(Nc3nc(N4CCC(CN5CCN(c6cccc7c(C8CCC(=O)NC8=O)nn(C)c67)CC5)[C@@H](C)C4)ncc3Cl)cc3c2n(c1=O)CCO3. The molecular formula is C42H48ClN11O6. The topological polar surface area (TPSA) is 181 Å². The summed E-state index contributed by atoms with van der Waals surface area (Å²) in [6.07, 6.45) is 3.42. The fraction of sp³-hybridized carbons (Fsp3) is 0.452. The molecule has 3 aromatic heterocycles. The first-order valence-electron chi connectivity index (χ1n) is 20.5. The van der Waals surface area contributed by atoms with Gasteiger partial charge in [-0.15, -0.1) is 0 Å². The molecule has 0 radical (unpaired) electrons. The summed E-state index contributed by atoms with van der Waals surface area (Å²) >= 11 is 6.65. The first-order chi connectivity index (χ1) is 29.0. The summed E-state index contributed by atoms with van der Waals surface area (Å²) in [7, 11) is 3.44. The van der Waals surface area contributed by atoms with E-state index in [9.17, 15) is 19.2 Å². The number of amides is 3. The molecule has 17 nitrogen and oxygen atoms in total. The fourth-order valence-corrected chi connectivity index (χ4v) is 9.26. The Morgan fingerprint density at radius 3 is 2.65 bits per heavy atom. The maximum atomic E-state index is 13.2. The highest BCUT2D eigenvalue weighted by Gasteiger charge is 2.34. The minimum absolute atomic E-state index is 0.0836. The Morgan fingerprint density at radius 2 is 1.87 bits per heavy atom. The number of nitrogens with one attached hydrogen (secondary N) is 3. The number of hydrogen-bond donors (Lipinski definition) is 3. The normalized spacial score (nSPS) is 20.9. The van der Waals surface area contributed by atoms with Gasteiger partial charge in [0, 0.05) is 88.9 Å². The number of rotatable bonds is 10. The van der Waals surface area contributed by atoms with Gasteiger partial charge in [0.2, 0.25) is 17.8 Å². The van der Waals surface area contributed by atoms with Crippen molar-refractivity contribution in [2.24, 2.45) is 18.9 Å². The van der Waals surface area contributed by atoms with Gasteiger partial charge in [-0.05, 0) is 42.9 Å². The van der Waals surface area contributed by atoms with Gasteiger partial charge in [0.25, 0.3) is 11.5 Å². The number of hydrogen-bond acceptors (Lipinski definition) is 13. The average Bonchev–Trinajstić information content (AvgIpc) is 3.58. The number of carbonyl (C=O) groups excluding carboxylic acids is 3. The van der Waals surface area contributed by atoms with Crippen LogP contribution in [0, 0.1) is 11.8 Å². The van der Waals surface area contributed by atoms with Crippen molar-refractivity contribution in [1.29, 1.82) is 0 Å². The van der Waals surface area contributed by atoms with E-state index in [2.05, 4.69) is 48.6 Å². The largest absolute Gasteiger partial charge is 0.489 e. The standard InChI is InChI=1S/C42H48ClN11O6/c1-24-21-53(42-45-20-30(43)39(48-42)46-27-17-26-18-33(60-23-35(56)44-2)41(58)54-15-16-59-32(19-27)37(26)54)10-9-25(24)22-51-11-13-52(14-12-51)31-6-4-5-28-36(49-50(3)38(28)31)29-7-8-34(55)47-40(29)57/h4-6,17-20,24-25,29H,7-16,21-23H2,1-3H3,(H,44,56)(H,45,46,48)(H,47,55,57)/t24-,25?,29?/m0/s1. The molecular weight excluding hydrogens is 790 g/mol. The van der Waals surface area contributed by atoms with E-state index in [-0.39, 0.29) is 35.6 Å². The highest BCUT2D eigenvalue weighted by molar-refractivity contribution is 6.33. The zero-order chi connectivity index (χ0) is 41.7. The Kier molecular flexibility index (Phi) is 10.7. The summed E-state index contributed by atoms with van der Waals surface area (Å²) in [4.78, 5) is 66.3. The first-order valence-corrected chi connectivity index (χ1v) is 20.9. The maximum Gasteiger partial charge on any atom is 0.293 e. The molecule has 4 aliphatic heterocycles. The van der Waals surface area contributed by atoms with E-state index in [0.717, 1.165) is 74.5 Å². The summed E-state index contributed by atoms with van der Waals surface area (Å²) in [5.41, 5.74) is 3.87. The van der Waals surface area contributed by atoms with Crippen molar-refractivity contribution in [3.05, 3.63) is 63.7 Å². The number of benzene rings is 2. The lowest BCUT2D eigenvalue weighted by Crippen LogP contribution is -2.50. The molecule has 0 bridgehead atoms. The lowest BCUT2D eigenvalue weighted by Gasteiger charge is -2.42. The van der Waals surface area contributed by atoms with Gasteiger partial charge in [-0.3, -0.25) is 38.6 Å². The summed E-state index contributed by atoms with van der Waals surface area (Å²) in [6, 6.07) is 11.5. The molecule has 60 heavy (non-hydrogen) atoms. The average molecular weight is 838 g/mol. The quantitative estimate of drug-likeness (QED) is 0.175. The van der Waals surface area contributed by atoms with Crippen molar-refractivity contribution in [3.63, 3.8) is 0 Å². The molecule has 9 rings (SSSR count). The van der Waals surface area contributed by atoms with Crippen molar-refractivity contribution in [2.45, 2.75) is 38.6 Å². The number of para-hydroxylation sites is 1. The molecule has 314 valence electrons. The third-order valence-electron chi connectivity index (χ3n) is 12.3. The van der Waals surface area contributed by atoms with Crippen LogP contribution in [0.2, 0.25) is 5.02 Å². The number of nitrogens with zero attached hydrogens (tertiary/aromatic N) is 8. The summed E-state index contributed by atoms with van der Waals surface area (Å²) in [5.74, 6) is 1.35. The van der Waals surface area contributed by atoms with Crippen LogP contribution in [-0.2, 0) is 28.0 Å². The van der Waals surface area contributed by atoms with E-state index in [4.69, 9.17) is 31.2 Å². The molecule has 5 aromatic rings. The van der Waals surface area contributed by atoms with Crippen molar-refractivity contribution < 1.29 is 23.9 Å². The fourth-order valence-electron chi connectivity index (χ4n) is 9.12. The van der Waals surface area contributed by atoms with E-state index in [1.54, 1.807) is 16.8 Å². The summed E-state index contributed by atoms with van der Waals surface area (Å²) in [5, 5.41) is 15.2. The molecule has 18 heteroatoms. The van der Waals surface area contributed by atoms with Gasteiger partial charge < -0.3 is 29.9 Å². The Bertz CT molecular complexity index is 2570. The zero-order valence-electron chi connectivity index (χ0n) is 33.9. The van der Waals surface area contributed by atoms with Crippen LogP contribution < -0.4 is 40.8 Å². The summed E-state index contributed by atoms with van der Waals surface area (Å²) < 4.78 is 15.1. The van der Waals surface area contributed by atoms with Gasteiger partial charge in [0.15, 0.2) is 18.2 Å². The van der Waals surface area contributed by atoms with E-state index < -0.39 is 5.92 Å². The van der Waals surface area contributed by atoms with Crippen molar-refractivity contribution >= 4 is 74.3 Å².